The number of halogens is 1. The number of hydrogen-bond donors (Lipinski definition) is 2. The van der Waals surface area contributed by atoms with Crippen LogP contribution >= 0.6 is 0 Å². The van der Waals surface area contributed by atoms with Crippen LogP contribution in [0.15, 0.2) is 61.1 Å². The van der Waals surface area contributed by atoms with Gasteiger partial charge in [0.05, 0.1) is 35.7 Å². The molecule has 0 aliphatic carbocycles. The molecule has 11 nitrogen and oxygen atoms in total. The highest BCUT2D eigenvalue weighted by atomic mass is 19.1. The third-order valence-corrected chi connectivity index (χ3v) is 7.59. The number of nitrogens with zero attached hydrogens (tertiary/aromatic N) is 6. The van der Waals surface area contributed by atoms with E-state index in [1.807, 2.05) is 24.0 Å². The number of ether oxygens (including phenoxy) is 2. The molecule has 42 heavy (non-hydrogen) atoms. The number of pyridine rings is 1. The molecule has 0 atom stereocenters. The van der Waals surface area contributed by atoms with E-state index in [0.29, 0.717) is 54.1 Å². The van der Waals surface area contributed by atoms with Gasteiger partial charge in [0.1, 0.15) is 5.82 Å². The Morgan fingerprint density at radius 2 is 1.74 bits per heavy atom. The molecule has 2 saturated heterocycles. The van der Waals surface area contributed by atoms with Gasteiger partial charge in [-0.3, -0.25) is 9.78 Å². The van der Waals surface area contributed by atoms with Crippen molar-refractivity contribution in [1.29, 1.82) is 0 Å². The largest absolute Gasteiger partial charge is 0.350 e. The average molecular weight is 573 g/mol. The van der Waals surface area contributed by atoms with E-state index in [4.69, 9.17) is 19.4 Å². The fourth-order valence-electron chi connectivity index (χ4n) is 5.05. The summed E-state index contributed by atoms with van der Waals surface area (Å²) in [6.07, 6.45) is 4.32. The summed E-state index contributed by atoms with van der Waals surface area (Å²) in [5.74, 6) is 0.565. The molecule has 4 aromatic rings. The molecule has 3 aromatic heterocycles. The molecule has 6 rings (SSSR count). The summed E-state index contributed by atoms with van der Waals surface area (Å²) in [7, 11) is 2.06. The lowest BCUT2D eigenvalue weighted by Gasteiger charge is -2.41. The second-order valence-electron chi connectivity index (χ2n) is 10.9. The molecule has 5 heterocycles. The van der Waals surface area contributed by atoms with E-state index in [2.05, 4.69) is 32.2 Å². The van der Waals surface area contributed by atoms with Crippen LogP contribution < -0.4 is 5.32 Å². The van der Waals surface area contributed by atoms with E-state index >= 15 is 0 Å². The number of H-pyrrole nitrogens is 1. The third-order valence-electron chi connectivity index (χ3n) is 7.59. The van der Waals surface area contributed by atoms with Gasteiger partial charge in [-0.2, -0.15) is 0 Å². The van der Waals surface area contributed by atoms with Crippen molar-refractivity contribution in [2.75, 3.05) is 51.8 Å². The predicted molar refractivity (Wildman–Crippen MR) is 153 cm³/mol. The van der Waals surface area contributed by atoms with E-state index in [-0.39, 0.29) is 24.9 Å². The first kappa shape index (κ1) is 27.9. The highest BCUT2D eigenvalue weighted by Crippen LogP contribution is 2.36. The van der Waals surface area contributed by atoms with Crippen LogP contribution in [0, 0.1) is 11.2 Å². The van der Waals surface area contributed by atoms with Crippen LogP contribution in [0.1, 0.15) is 24.6 Å². The van der Waals surface area contributed by atoms with Crippen LogP contribution in [0.3, 0.4) is 0 Å². The Morgan fingerprint density at radius 1 is 1.02 bits per heavy atom. The molecule has 0 spiro atoms. The molecule has 2 aliphatic rings. The molecule has 0 saturated carbocycles. The van der Waals surface area contributed by atoms with Crippen molar-refractivity contribution in [1.82, 2.24) is 34.7 Å². The number of likely N-dealkylation sites (N-methyl/N-ethyl adjacent to an activating group) is 1. The van der Waals surface area contributed by atoms with E-state index < -0.39 is 11.7 Å². The topological polar surface area (TPSA) is 121 Å². The van der Waals surface area contributed by atoms with Crippen molar-refractivity contribution in [3.8, 4) is 22.6 Å². The Bertz CT molecular complexity index is 1520. The monoisotopic (exact) mass is 572 g/mol. The second-order valence-corrected chi connectivity index (χ2v) is 10.9. The van der Waals surface area contributed by atoms with E-state index in [1.165, 1.54) is 12.1 Å². The number of nitrogens with one attached hydrogen (secondary N) is 2. The summed E-state index contributed by atoms with van der Waals surface area (Å²) in [6, 6.07) is 11.7. The molecule has 1 amide bonds. The quantitative estimate of drug-likeness (QED) is 0.343. The summed E-state index contributed by atoms with van der Waals surface area (Å²) >= 11 is 0. The highest BCUT2D eigenvalue weighted by Gasteiger charge is 2.43. The number of hydrogen-bond acceptors (Lipinski definition) is 9. The lowest BCUT2D eigenvalue weighted by Crippen LogP contribution is -2.55. The number of carbonyl (C=O) groups excluding carboxylic acids is 1. The maximum Gasteiger partial charge on any atom is 0.233 e. The molecular weight excluding hydrogens is 539 g/mol. The van der Waals surface area contributed by atoms with E-state index in [9.17, 15) is 9.18 Å². The first-order valence-corrected chi connectivity index (χ1v) is 13.9. The molecule has 12 heteroatoms. The first-order valence-electron chi connectivity index (χ1n) is 13.9. The van der Waals surface area contributed by atoms with Crippen molar-refractivity contribution in [2.45, 2.75) is 19.8 Å². The lowest BCUT2D eigenvalue weighted by atomic mass is 9.90. The highest BCUT2D eigenvalue weighted by molar-refractivity contribution is 5.83. The normalized spacial score (nSPS) is 21.3. The number of carbonyl (C=O) groups is 1. The number of imidazole rings is 1. The van der Waals surface area contributed by atoms with E-state index in [1.54, 1.807) is 36.8 Å². The molecule has 2 aliphatic heterocycles. The zero-order chi connectivity index (χ0) is 29.1. The van der Waals surface area contributed by atoms with Crippen LogP contribution in [0.2, 0.25) is 0 Å². The third kappa shape index (κ3) is 6.01. The summed E-state index contributed by atoms with van der Waals surface area (Å²) in [5.41, 5.74) is 2.72. The van der Waals surface area contributed by atoms with Gasteiger partial charge in [0.25, 0.3) is 0 Å². The molecule has 2 fully saturated rings. The summed E-state index contributed by atoms with van der Waals surface area (Å²) in [6.45, 7) is 5.87. The standard InChI is InChI=1S/C30H33FN8O3/c1-30(28(40)39-15-13-38(2)14-16-39)18-41-27(42-19-30)26-36-24(21-3-5-22(31)6-4-21)25(37-26)23-9-12-33-29(35-23)34-17-20-7-10-32-11-8-20/h3-12,27H,13-19H2,1-2H3,(H,36,37)(H,33,34,35). The zero-order valence-electron chi connectivity index (χ0n) is 23.6. The Labute approximate surface area is 243 Å². The Balaban J connectivity index is 1.23. The van der Waals surface area contributed by atoms with Gasteiger partial charge >= 0.3 is 0 Å². The molecule has 0 bridgehead atoms. The number of anilines is 1. The van der Waals surface area contributed by atoms with Crippen LogP contribution in [0.4, 0.5) is 10.3 Å². The Hall–Kier alpha value is -4.26. The lowest BCUT2D eigenvalue weighted by molar-refractivity contribution is -0.234. The maximum atomic E-state index is 13.8. The minimum Gasteiger partial charge on any atom is -0.350 e. The molecule has 0 unspecified atom stereocenters. The second kappa shape index (κ2) is 11.9. The van der Waals surface area contributed by atoms with Gasteiger partial charge in [-0.1, -0.05) is 0 Å². The number of benzene rings is 1. The van der Waals surface area contributed by atoms with Gasteiger partial charge in [0.15, 0.2) is 5.82 Å². The fourth-order valence-corrected chi connectivity index (χ4v) is 5.05. The molecular formula is C30H33FN8O3. The van der Waals surface area contributed by atoms with Crippen LogP contribution in [0.5, 0.6) is 0 Å². The number of aromatic amines is 1. The number of amides is 1. The van der Waals surface area contributed by atoms with Crippen LogP contribution in [-0.4, -0.2) is 87.1 Å². The van der Waals surface area contributed by atoms with E-state index in [0.717, 1.165) is 18.7 Å². The number of aromatic nitrogens is 5. The number of piperazine rings is 1. The summed E-state index contributed by atoms with van der Waals surface area (Å²) in [5, 5.41) is 3.24. The Kier molecular flexibility index (Phi) is 7.92. The summed E-state index contributed by atoms with van der Waals surface area (Å²) < 4.78 is 26.0. The number of rotatable bonds is 7. The average Bonchev–Trinajstić information content (AvgIpc) is 3.47. The van der Waals surface area contributed by atoms with Crippen molar-refractivity contribution in [3.63, 3.8) is 0 Å². The van der Waals surface area contributed by atoms with Crippen LogP contribution in [0.25, 0.3) is 22.6 Å². The van der Waals surface area contributed by atoms with Crippen molar-refractivity contribution in [2.24, 2.45) is 5.41 Å². The minimum atomic E-state index is -0.808. The fraction of sp³-hybridized carbons (Fsp3) is 0.367. The van der Waals surface area contributed by atoms with Gasteiger partial charge in [0, 0.05) is 56.9 Å². The molecule has 0 radical (unpaired) electrons. The van der Waals surface area contributed by atoms with Gasteiger partial charge in [-0.05, 0) is 62.0 Å². The summed E-state index contributed by atoms with van der Waals surface area (Å²) in [4.78, 5) is 38.7. The minimum absolute atomic E-state index is 0.0361. The molecule has 218 valence electrons. The molecule has 2 N–H and O–H groups in total. The molecule has 1 aromatic carbocycles. The van der Waals surface area contributed by atoms with Gasteiger partial charge in [-0.25, -0.2) is 19.3 Å². The smallest absolute Gasteiger partial charge is 0.233 e. The van der Waals surface area contributed by atoms with Crippen LogP contribution in [-0.2, 0) is 20.8 Å². The Morgan fingerprint density at radius 3 is 2.45 bits per heavy atom. The maximum absolute atomic E-state index is 13.8. The van der Waals surface area contributed by atoms with Crippen molar-refractivity contribution in [3.05, 3.63) is 78.3 Å². The van der Waals surface area contributed by atoms with Crippen molar-refractivity contribution >= 4 is 11.9 Å². The van der Waals surface area contributed by atoms with Crippen molar-refractivity contribution < 1.29 is 18.7 Å². The van der Waals surface area contributed by atoms with Gasteiger partial charge in [0.2, 0.25) is 18.1 Å². The SMILES string of the molecule is CN1CCN(C(=O)C2(C)COC(c3nc(-c4ccc(F)cc4)c(-c4ccnc(NCc5ccncc5)n4)[nH]3)OC2)CC1. The zero-order valence-corrected chi connectivity index (χ0v) is 23.6. The van der Waals surface area contributed by atoms with Gasteiger partial charge in [-0.15, -0.1) is 0 Å². The van der Waals surface area contributed by atoms with Gasteiger partial charge < -0.3 is 29.6 Å². The predicted octanol–water partition coefficient (Wildman–Crippen LogP) is 3.51. The first-order chi connectivity index (χ1) is 20.4.